The third kappa shape index (κ3) is 4.81. The largest absolute Gasteiger partial charge is 0.424 e. The number of fused-ring (bicyclic) bond motifs is 1. The van der Waals surface area contributed by atoms with Gasteiger partial charge in [-0.3, -0.25) is 9.78 Å². The van der Waals surface area contributed by atoms with Gasteiger partial charge >= 0.3 is 5.97 Å². The lowest BCUT2D eigenvalue weighted by Gasteiger charge is -2.13. The molecule has 0 bridgehead atoms. The predicted molar refractivity (Wildman–Crippen MR) is 109 cm³/mol. The van der Waals surface area contributed by atoms with Gasteiger partial charge in [0, 0.05) is 34.2 Å². The highest BCUT2D eigenvalue weighted by molar-refractivity contribution is 6.30. The molecule has 174 valence electrons. The molecule has 2 unspecified atom stereocenters. The summed E-state index contributed by atoms with van der Waals surface area (Å²) >= 11 is 5.96. The Kier molecular flexibility index (Phi) is 6.29. The first kappa shape index (κ1) is 22.7. The highest BCUT2D eigenvalue weighted by Crippen LogP contribution is 2.48. The lowest BCUT2D eigenvalue weighted by atomic mass is 10.0. The molecule has 1 aromatic carbocycles. The molecule has 0 saturated heterocycles. The summed E-state index contributed by atoms with van der Waals surface area (Å²) in [5.74, 6) is -2.60. The fourth-order valence-corrected chi connectivity index (χ4v) is 4.17. The number of nitrogens with zero attached hydrogens (tertiary/aromatic N) is 3. The van der Waals surface area contributed by atoms with E-state index in [4.69, 9.17) is 21.1 Å². The van der Waals surface area contributed by atoms with E-state index in [1.807, 2.05) is 12.1 Å². The normalized spacial score (nSPS) is 22.8. The Balaban J connectivity index is 1.52. The molecule has 0 spiro atoms. The third-order valence-electron chi connectivity index (χ3n) is 5.75. The SMILES string of the molecule is Cc1ncc2c(c1OC(=O)C1[C@@H](CO[N+](=O)[O-])[C@H]1CO[N+](=O)[O-])COC2c1ccc(Cl)cc1. The third-order valence-corrected chi connectivity index (χ3v) is 6.00. The molecule has 1 aromatic heterocycles. The van der Waals surface area contributed by atoms with Crippen LogP contribution in [0.15, 0.2) is 30.5 Å². The van der Waals surface area contributed by atoms with Crippen LogP contribution in [0, 0.1) is 44.9 Å². The van der Waals surface area contributed by atoms with Crippen molar-refractivity contribution in [3.05, 3.63) is 78.1 Å². The number of hydrogen-bond acceptors (Lipinski definition) is 10. The van der Waals surface area contributed by atoms with E-state index in [-0.39, 0.29) is 12.4 Å². The van der Waals surface area contributed by atoms with Gasteiger partial charge in [0.15, 0.2) is 5.75 Å². The van der Waals surface area contributed by atoms with Gasteiger partial charge in [-0.2, -0.15) is 0 Å². The number of esters is 1. The van der Waals surface area contributed by atoms with Crippen LogP contribution in [0.25, 0.3) is 0 Å². The van der Waals surface area contributed by atoms with Crippen LogP contribution >= 0.6 is 11.6 Å². The van der Waals surface area contributed by atoms with Crippen LogP contribution in [0.1, 0.15) is 28.5 Å². The number of ether oxygens (including phenoxy) is 2. The fraction of sp³-hybridized carbons (Fsp3) is 0.400. The van der Waals surface area contributed by atoms with E-state index in [1.165, 1.54) is 0 Å². The smallest absolute Gasteiger partial charge is 0.315 e. The number of carbonyl (C=O) groups excluding carboxylic acids is 1. The molecule has 0 amide bonds. The Hall–Kier alpha value is -3.51. The van der Waals surface area contributed by atoms with Gasteiger partial charge in [0.2, 0.25) is 0 Å². The Morgan fingerprint density at radius 3 is 2.33 bits per heavy atom. The summed E-state index contributed by atoms with van der Waals surface area (Å²) < 4.78 is 11.5. The second-order valence-electron chi connectivity index (χ2n) is 7.66. The zero-order valence-electron chi connectivity index (χ0n) is 17.2. The minimum absolute atomic E-state index is 0.182. The monoisotopic (exact) mass is 479 g/mol. The summed E-state index contributed by atoms with van der Waals surface area (Å²) in [6.45, 7) is 1.06. The van der Waals surface area contributed by atoms with Crippen molar-refractivity contribution in [2.75, 3.05) is 13.2 Å². The lowest BCUT2D eigenvalue weighted by Crippen LogP contribution is -2.17. The van der Waals surface area contributed by atoms with Gasteiger partial charge in [-0.1, -0.05) is 23.7 Å². The standard InChI is InChI=1S/C20H18ClN3O9/c1-10-18(16-7-30-19(13(16)6-22-10)11-2-4-12(21)5-3-11)33-20(25)17-14(8-31-23(26)27)15(17)9-32-24(28)29/h2-6,14-15,17,19H,7-9H2,1H3/t14-,15+,17?,19?. The molecule has 1 fully saturated rings. The number of benzene rings is 1. The molecule has 2 aromatic rings. The molecule has 1 aliphatic heterocycles. The summed E-state index contributed by atoms with van der Waals surface area (Å²) in [7, 11) is 0. The van der Waals surface area contributed by atoms with Gasteiger partial charge in [0.1, 0.15) is 19.3 Å². The Labute approximate surface area is 191 Å². The average Bonchev–Trinajstić information content (AvgIpc) is 3.31. The molecular weight excluding hydrogens is 462 g/mol. The van der Waals surface area contributed by atoms with Crippen LogP contribution < -0.4 is 4.74 Å². The fourth-order valence-electron chi connectivity index (χ4n) is 4.04. The highest BCUT2D eigenvalue weighted by atomic mass is 35.5. The van der Waals surface area contributed by atoms with Crippen LogP contribution in [-0.2, 0) is 25.8 Å². The van der Waals surface area contributed by atoms with Crippen molar-refractivity contribution in [2.24, 2.45) is 17.8 Å². The van der Waals surface area contributed by atoms with Gasteiger partial charge in [-0.05, 0) is 24.6 Å². The minimum atomic E-state index is -0.988. The summed E-state index contributed by atoms with van der Waals surface area (Å²) in [4.78, 5) is 46.9. The summed E-state index contributed by atoms with van der Waals surface area (Å²) in [6, 6.07) is 7.15. The minimum Gasteiger partial charge on any atom is -0.424 e. The first-order chi connectivity index (χ1) is 15.8. The van der Waals surface area contributed by atoms with Gasteiger partial charge in [-0.15, -0.1) is 20.2 Å². The molecule has 12 nitrogen and oxygen atoms in total. The van der Waals surface area contributed by atoms with Crippen molar-refractivity contribution < 1.29 is 34.1 Å². The average molecular weight is 480 g/mol. The van der Waals surface area contributed by atoms with E-state index in [1.54, 1.807) is 25.3 Å². The van der Waals surface area contributed by atoms with Crippen molar-refractivity contribution >= 4 is 17.6 Å². The quantitative estimate of drug-likeness (QED) is 0.298. The zero-order chi connectivity index (χ0) is 23.7. The number of hydrogen-bond donors (Lipinski definition) is 0. The molecule has 4 rings (SSSR count). The number of aromatic nitrogens is 1. The van der Waals surface area contributed by atoms with E-state index < -0.39 is 53.2 Å². The molecule has 33 heavy (non-hydrogen) atoms. The molecule has 2 aliphatic rings. The van der Waals surface area contributed by atoms with Crippen LogP contribution in [0.2, 0.25) is 5.02 Å². The molecule has 0 N–H and O–H groups in total. The van der Waals surface area contributed by atoms with Crippen molar-refractivity contribution in [3.8, 4) is 5.75 Å². The van der Waals surface area contributed by atoms with Crippen LogP contribution in [0.5, 0.6) is 5.75 Å². The summed E-state index contributed by atoms with van der Waals surface area (Å²) in [6.07, 6.45) is 1.25. The van der Waals surface area contributed by atoms with E-state index >= 15 is 0 Å². The van der Waals surface area contributed by atoms with Gasteiger partial charge in [0.05, 0.1) is 18.2 Å². The topological polar surface area (TPSA) is 153 Å². The first-order valence-electron chi connectivity index (χ1n) is 9.88. The molecule has 1 aliphatic carbocycles. The van der Waals surface area contributed by atoms with Crippen LogP contribution in [0.3, 0.4) is 0 Å². The molecule has 1 saturated carbocycles. The van der Waals surface area contributed by atoms with Crippen molar-refractivity contribution in [3.63, 3.8) is 0 Å². The van der Waals surface area contributed by atoms with E-state index in [2.05, 4.69) is 14.7 Å². The second-order valence-corrected chi connectivity index (χ2v) is 8.10. The van der Waals surface area contributed by atoms with Crippen LogP contribution in [0.4, 0.5) is 0 Å². The van der Waals surface area contributed by atoms with Gasteiger partial charge < -0.3 is 19.1 Å². The van der Waals surface area contributed by atoms with E-state index in [0.29, 0.717) is 16.3 Å². The number of carbonyl (C=O) groups is 1. The van der Waals surface area contributed by atoms with Gasteiger partial charge in [0.25, 0.3) is 10.2 Å². The second kappa shape index (κ2) is 9.16. The highest BCUT2D eigenvalue weighted by Gasteiger charge is 2.57. The predicted octanol–water partition coefficient (Wildman–Crippen LogP) is 2.85. The van der Waals surface area contributed by atoms with Crippen molar-refractivity contribution in [1.82, 2.24) is 4.98 Å². The zero-order valence-corrected chi connectivity index (χ0v) is 18.0. The number of aryl methyl sites for hydroxylation is 1. The first-order valence-corrected chi connectivity index (χ1v) is 10.3. The molecule has 0 radical (unpaired) electrons. The van der Waals surface area contributed by atoms with E-state index in [9.17, 15) is 25.0 Å². The van der Waals surface area contributed by atoms with Crippen molar-refractivity contribution in [1.29, 1.82) is 0 Å². The molecule has 4 atom stereocenters. The lowest BCUT2D eigenvalue weighted by molar-refractivity contribution is -0.761. The summed E-state index contributed by atoms with van der Waals surface area (Å²) in [5, 5.41) is 19.6. The Bertz CT molecular complexity index is 1070. The molecule has 13 heteroatoms. The Morgan fingerprint density at radius 2 is 1.76 bits per heavy atom. The van der Waals surface area contributed by atoms with Crippen molar-refractivity contribution in [2.45, 2.75) is 19.6 Å². The maximum absolute atomic E-state index is 12.9. The molecular formula is C20H18ClN3O9. The number of rotatable bonds is 9. The number of pyridine rings is 1. The summed E-state index contributed by atoms with van der Waals surface area (Å²) in [5.41, 5.74) is 2.71. The maximum Gasteiger partial charge on any atom is 0.315 e. The maximum atomic E-state index is 12.9. The van der Waals surface area contributed by atoms with Crippen LogP contribution in [-0.4, -0.2) is 34.3 Å². The van der Waals surface area contributed by atoms with Gasteiger partial charge in [-0.25, -0.2) is 0 Å². The number of halogens is 1. The Morgan fingerprint density at radius 1 is 1.15 bits per heavy atom. The van der Waals surface area contributed by atoms with E-state index in [0.717, 1.165) is 11.1 Å². The molecule has 2 heterocycles.